The molecule has 0 saturated heterocycles. The van der Waals surface area contributed by atoms with Crippen molar-refractivity contribution in [3.05, 3.63) is 54.1 Å². The molecule has 1 aliphatic carbocycles. The smallest absolute Gasteiger partial charge is 0.253 e. The van der Waals surface area contributed by atoms with Crippen LogP contribution < -0.4 is 4.90 Å². The molecule has 0 bridgehead atoms. The van der Waals surface area contributed by atoms with Gasteiger partial charge in [0.25, 0.3) is 5.91 Å². The molecule has 3 aromatic rings. The lowest BCUT2D eigenvalue weighted by Crippen LogP contribution is -2.29. The zero-order valence-electron chi connectivity index (χ0n) is 17.1. The second-order valence-corrected chi connectivity index (χ2v) is 8.22. The third-order valence-corrected chi connectivity index (χ3v) is 6.12. The third kappa shape index (κ3) is 3.04. The summed E-state index contributed by atoms with van der Waals surface area (Å²) in [5, 5.41) is 13.3. The summed E-state index contributed by atoms with van der Waals surface area (Å²) in [6.07, 6.45) is 9.65. The minimum atomic E-state index is -0.101. The second-order valence-electron chi connectivity index (χ2n) is 8.22. The van der Waals surface area contributed by atoms with E-state index in [1.165, 1.54) is 10.5 Å². The van der Waals surface area contributed by atoms with Crippen LogP contribution in [0.25, 0.3) is 11.1 Å². The van der Waals surface area contributed by atoms with Crippen molar-refractivity contribution >= 4 is 17.5 Å². The number of carbonyl (C=O) groups excluding carboxylic acids is 1. The highest BCUT2D eigenvalue weighted by molar-refractivity contribution is 5.96. The van der Waals surface area contributed by atoms with Crippen LogP contribution in [0.5, 0.6) is 0 Å². The van der Waals surface area contributed by atoms with Crippen LogP contribution in [0.1, 0.15) is 28.8 Å². The van der Waals surface area contributed by atoms with Crippen molar-refractivity contribution in [3.63, 3.8) is 0 Å². The van der Waals surface area contributed by atoms with Crippen LogP contribution in [0.2, 0.25) is 0 Å². The zero-order valence-corrected chi connectivity index (χ0v) is 17.1. The number of aryl methyl sites for hydroxylation is 1. The maximum Gasteiger partial charge on any atom is 0.253 e. The predicted molar refractivity (Wildman–Crippen MR) is 113 cm³/mol. The first-order valence-corrected chi connectivity index (χ1v) is 10.1. The fourth-order valence-electron chi connectivity index (χ4n) is 4.22. The van der Waals surface area contributed by atoms with E-state index in [0.29, 0.717) is 18.1 Å². The Morgan fingerprint density at radius 3 is 2.60 bits per heavy atom. The van der Waals surface area contributed by atoms with E-state index in [9.17, 15) is 4.79 Å². The molecular formula is C22H24N6O2. The highest BCUT2D eigenvalue weighted by atomic mass is 16.3. The van der Waals surface area contributed by atoms with Crippen LogP contribution in [-0.2, 0) is 12.5 Å². The Hall–Kier alpha value is -3.26. The van der Waals surface area contributed by atoms with Gasteiger partial charge >= 0.3 is 0 Å². The van der Waals surface area contributed by atoms with Gasteiger partial charge in [-0.25, -0.2) is 9.97 Å². The Labute approximate surface area is 174 Å². The van der Waals surface area contributed by atoms with Crippen LogP contribution in [0.3, 0.4) is 0 Å². The van der Waals surface area contributed by atoms with E-state index in [1.807, 2.05) is 37.8 Å². The lowest BCUT2D eigenvalue weighted by Gasteiger charge is -2.19. The van der Waals surface area contributed by atoms with Gasteiger partial charge in [-0.2, -0.15) is 5.10 Å². The summed E-state index contributed by atoms with van der Waals surface area (Å²) >= 11 is 0. The van der Waals surface area contributed by atoms with E-state index in [1.54, 1.807) is 17.9 Å². The number of rotatable bonds is 5. The quantitative estimate of drug-likeness (QED) is 0.701. The summed E-state index contributed by atoms with van der Waals surface area (Å²) in [5.41, 5.74) is 4.93. The molecule has 1 spiro atoms. The second kappa shape index (κ2) is 6.91. The lowest BCUT2D eigenvalue weighted by molar-refractivity contribution is 0.0767. The van der Waals surface area contributed by atoms with E-state index in [2.05, 4.69) is 26.0 Å². The highest BCUT2D eigenvalue weighted by Gasteiger charge is 2.52. The van der Waals surface area contributed by atoms with Crippen molar-refractivity contribution in [1.29, 1.82) is 0 Å². The number of carbonyl (C=O) groups is 1. The summed E-state index contributed by atoms with van der Waals surface area (Å²) in [5.74, 6) is 0.539. The Kier molecular flexibility index (Phi) is 4.32. The normalized spacial score (nSPS) is 16.0. The molecule has 5 rings (SSSR count). The fraction of sp³-hybridized carbons (Fsp3) is 0.364. The van der Waals surface area contributed by atoms with Gasteiger partial charge in [0.2, 0.25) is 5.95 Å². The molecular weight excluding hydrogens is 380 g/mol. The van der Waals surface area contributed by atoms with Gasteiger partial charge in [0, 0.05) is 73.6 Å². The van der Waals surface area contributed by atoms with Gasteiger partial charge in [0.15, 0.2) is 0 Å². The van der Waals surface area contributed by atoms with Crippen LogP contribution >= 0.6 is 0 Å². The molecule has 2 aliphatic rings. The van der Waals surface area contributed by atoms with Gasteiger partial charge in [0.1, 0.15) is 0 Å². The summed E-state index contributed by atoms with van der Waals surface area (Å²) < 4.78 is 1.75. The maximum atomic E-state index is 12.7. The first-order chi connectivity index (χ1) is 14.5. The Balaban J connectivity index is 1.48. The number of likely N-dealkylation sites (N-methyl/N-ethyl adjacent to an activating group) is 1. The maximum absolute atomic E-state index is 12.7. The van der Waals surface area contributed by atoms with E-state index < -0.39 is 0 Å². The predicted octanol–water partition coefficient (Wildman–Crippen LogP) is 2.12. The molecule has 1 fully saturated rings. The number of aliphatic hydroxyl groups excluding tert-OH is 1. The van der Waals surface area contributed by atoms with E-state index >= 15 is 0 Å². The van der Waals surface area contributed by atoms with E-state index in [4.69, 9.17) is 5.11 Å². The molecule has 1 aliphatic heterocycles. The lowest BCUT2D eigenvalue weighted by atomic mass is 9.97. The molecule has 8 heteroatoms. The van der Waals surface area contributed by atoms with Gasteiger partial charge in [-0.05, 0) is 30.5 Å². The fourth-order valence-corrected chi connectivity index (χ4v) is 4.22. The van der Waals surface area contributed by atoms with Gasteiger partial charge < -0.3 is 14.9 Å². The van der Waals surface area contributed by atoms with Gasteiger partial charge in [-0.15, -0.1) is 0 Å². The molecule has 30 heavy (non-hydrogen) atoms. The van der Waals surface area contributed by atoms with Crippen molar-refractivity contribution in [2.24, 2.45) is 7.05 Å². The molecule has 1 saturated carbocycles. The number of hydrogen-bond acceptors (Lipinski definition) is 6. The molecule has 0 radical (unpaired) electrons. The first kappa shape index (κ1) is 18.7. The Morgan fingerprint density at radius 2 is 1.97 bits per heavy atom. The summed E-state index contributed by atoms with van der Waals surface area (Å²) in [7, 11) is 3.58. The molecule has 1 aromatic carbocycles. The number of hydrogen-bond donors (Lipinski definition) is 1. The number of fused-ring (bicyclic) bond motifs is 2. The SMILES string of the molecule is CN(CCO)C(=O)c1ccc2c(c1)N(c1ncc(-c3cnn(C)c3)cn1)CC21CC1. The Bertz CT molecular complexity index is 1100. The van der Waals surface area contributed by atoms with Crippen LogP contribution in [0.4, 0.5) is 11.6 Å². The molecule has 0 unspecified atom stereocenters. The zero-order chi connectivity index (χ0) is 20.9. The third-order valence-electron chi connectivity index (χ3n) is 6.12. The van der Waals surface area contributed by atoms with Crippen LogP contribution in [0.15, 0.2) is 43.0 Å². The first-order valence-electron chi connectivity index (χ1n) is 10.1. The number of aliphatic hydroxyl groups is 1. The monoisotopic (exact) mass is 404 g/mol. The highest BCUT2D eigenvalue weighted by Crippen LogP contribution is 2.57. The number of nitrogens with zero attached hydrogens (tertiary/aromatic N) is 6. The number of amides is 1. The number of benzene rings is 1. The molecule has 3 heterocycles. The summed E-state index contributed by atoms with van der Waals surface area (Å²) in [4.78, 5) is 25.6. The number of anilines is 2. The average molecular weight is 404 g/mol. The van der Waals surface area contributed by atoms with Crippen LogP contribution in [0, 0.1) is 0 Å². The van der Waals surface area contributed by atoms with Crippen molar-refractivity contribution in [2.45, 2.75) is 18.3 Å². The molecule has 8 nitrogen and oxygen atoms in total. The Morgan fingerprint density at radius 1 is 1.20 bits per heavy atom. The van der Waals surface area contributed by atoms with Gasteiger partial charge in [-0.3, -0.25) is 9.48 Å². The average Bonchev–Trinajstić information content (AvgIpc) is 3.30. The van der Waals surface area contributed by atoms with E-state index in [-0.39, 0.29) is 17.9 Å². The molecule has 0 atom stereocenters. The molecule has 154 valence electrons. The summed E-state index contributed by atoms with van der Waals surface area (Å²) in [6, 6.07) is 5.91. The largest absolute Gasteiger partial charge is 0.395 e. The molecule has 2 aromatic heterocycles. The number of aromatic nitrogens is 4. The molecule has 1 N–H and O–H groups in total. The van der Waals surface area contributed by atoms with Crippen molar-refractivity contribution in [2.75, 3.05) is 31.6 Å². The van der Waals surface area contributed by atoms with Crippen LogP contribution in [-0.4, -0.2) is 62.4 Å². The topological polar surface area (TPSA) is 87.4 Å². The van der Waals surface area contributed by atoms with Gasteiger partial charge in [0.05, 0.1) is 12.8 Å². The van der Waals surface area contributed by atoms with Crippen molar-refractivity contribution in [1.82, 2.24) is 24.6 Å². The van der Waals surface area contributed by atoms with Crippen molar-refractivity contribution < 1.29 is 9.90 Å². The summed E-state index contributed by atoms with van der Waals surface area (Å²) in [6.45, 7) is 1.08. The van der Waals surface area contributed by atoms with Crippen molar-refractivity contribution in [3.8, 4) is 11.1 Å². The standard InChI is InChI=1S/C22H24N6O2/c1-26(7-8-29)20(30)15-3-4-18-19(9-15)28(14-22(18)5-6-22)21-23-10-16(11-24-21)17-12-25-27(2)13-17/h3-4,9-13,29H,5-8,14H2,1-2H3. The van der Waals surface area contributed by atoms with Gasteiger partial charge in [-0.1, -0.05) is 6.07 Å². The molecule has 1 amide bonds. The minimum Gasteiger partial charge on any atom is -0.395 e. The van der Waals surface area contributed by atoms with E-state index in [0.717, 1.165) is 36.2 Å². The minimum absolute atomic E-state index is 0.0560.